The predicted molar refractivity (Wildman–Crippen MR) is 136 cm³/mol. The molecule has 4 N–H and O–H groups in total. The van der Waals surface area contributed by atoms with Crippen LogP contribution in [0.3, 0.4) is 0 Å². The minimum Gasteiger partial charge on any atom is -0.475 e. The van der Waals surface area contributed by atoms with Gasteiger partial charge in [-0.1, -0.05) is 6.07 Å². The monoisotopic (exact) mass is 642 g/mol. The van der Waals surface area contributed by atoms with Gasteiger partial charge in [0.1, 0.15) is 18.2 Å². The number of ether oxygens (including phenoxy) is 1. The number of carbonyl (C=O) groups is 3. The van der Waals surface area contributed by atoms with Gasteiger partial charge in [-0.2, -0.15) is 36.0 Å². The van der Waals surface area contributed by atoms with Crippen LogP contribution in [-0.4, -0.2) is 62.2 Å². The minimum atomic E-state index is -5.08. The molecule has 2 aromatic heterocycles. The van der Waals surface area contributed by atoms with Gasteiger partial charge in [0.25, 0.3) is 5.91 Å². The second kappa shape index (κ2) is 13.8. The van der Waals surface area contributed by atoms with Gasteiger partial charge in [-0.25, -0.2) is 18.4 Å². The molecule has 0 saturated carbocycles. The van der Waals surface area contributed by atoms with Crippen LogP contribution >= 0.6 is 0 Å². The zero-order valence-electron chi connectivity index (χ0n) is 23.2. The molecule has 0 fully saturated rings. The molecule has 2 amide bonds. The van der Waals surface area contributed by atoms with Gasteiger partial charge >= 0.3 is 24.4 Å². The zero-order valence-corrected chi connectivity index (χ0v) is 23.2. The summed E-state index contributed by atoms with van der Waals surface area (Å²) < 4.78 is 105. The van der Waals surface area contributed by atoms with Crippen molar-refractivity contribution in [2.75, 3.05) is 6.54 Å². The van der Waals surface area contributed by atoms with E-state index in [1.807, 2.05) is 5.32 Å². The molecular formula is C26H26F8N4O6. The normalized spacial score (nSPS) is 13.0. The van der Waals surface area contributed by atoms with E-state index < -0.39 is 73.5 Å². The number of benzene rings is 1. The lowest BCUT2D eigenvalue weighted by molar-refractivity contribution is -0.192. The average molecular weight is 643 g/mol. The summed E-state index contributed by atoms with van der Waals surface area (Å²) in [5.74, 6) is -4.93. The summed E-state index contributed by atoms with van der Waals surface area (Å²) in [4.78, 5) is 33.1. The smallest absolute Gasteiger partial charge is 0.475 e. The first kappa shape index (κ1) is 35.6. The molecular weight excluding hydrogens is 616 g/mol. The summed E-state index contributed by atoms with van der Waals surface area (Å²) in [6.07, 6.45) is -13.0. The fraction of sp³-hybridized carbons (Fsp3) is 0.385. The number of hydrogen-bond donors (Lipinski definition) is 4. The Bertz CT molecular complexity index is 1500. The largest absolute Gasteiger partial charge is 0.490 e. The van der Waals surface area contributed by atoms with Crippen molar-refractivity contribution in [2.45, 2.75) is 58.1 Å². The van der Waals surface area contributed by atoms with Crippen molar-refractivity contribution in [1.82, 2.24) is 20.2 Å². The van der Waals surface area contributed by atoms with Crippen molar-refractivity contribution >= 4 is 23.5 Å². The number of halogens is 8. The standard InChI is InChI=1S/C24H25F5N4O4.C2HF3O2/c1-13-9-18-20(21(34)30-12-23(3,31-22(35)36)7-8-24(27,28)29)14(2)32-33(18)19(10-13)37-11-15-16(25)5-4-6-17(15)26;3-2(4,5)1(6)7/h4-6,9-10,31H,7-8,11-12H2,1-3H3,(H,30,34)(H,35,36);(H,6,7). The summed E-state index contributed by atoms with van der Waals surface area (Å²) in [6, 6.07) is 6.58. The van der Waals surface area contributed by atoms with Crippen LogP contribution in [-0.2, 0) is 11.4 Å². The average Bonchev–Trinajstić information content (AvgIpc) is 3.20. The summed E-state index contributed by atoms with van der Waals surface area (Å²) in [6.45, 7) is 3.61. The van der Waals surface area contributed by atoms with Gasteiger partial charge in [0.15, 0.2) is 0 Å². The molecule has 0 saturated heterocycles. The Hall–Kier alpha value is -4.64. The first-order chi connectivity index (χ1) is 20.1. The van der Waals surface area contributed by atoms with Crippen LogP contribution in [0.4, 0.5) is 39.9 Å². The Balaban J connectivity index is 0.000000860. The van der Waals surface area contributed by atoms with Crippen LogP contribution in [0, 0.1) is 25.5 Å². The van der Waals surface area contributed by atoms with E-state index in [0.29, 0.717) is 5.56 Å². The number of pyridine rings is 1. The topological polar surface area (TPSA) is 142 Å². The van der Waals surface area contributed by atoms with E-state index in [1.54, 1.807) is 19.1 Å². The summed E-state index contributed by atoms with van der Waals surface area (Å²) >= 11 is 0. The molecule has 3 aromatic rings. The molecule has 0 bridgehead atoms. The maximum absolute atomic E-state index is 14.0. The quantitative estimate of drug-likeness (QED) is 0.225. The number of amides is 2. The summed E-state index contributed by atoms with van der Waals surface area (Å²) in [5.41, 5.74) is -0.646. The maximum atomic E-state index is 14.0. The highest BCUT2D eigenvalue weighted by Crippen LogP contribution is 2.27. The molecule has 10 nitrogen and oxygen atoms in total. The predicted octanol–water partition coefficient (Wildman–Crippen LogP) is 5.54. The SMILES string of the molecule is Cc1cc(OCc2c(F)cccc2F)n2nc(C)c(C(=O)NCC(C)(CCC(F)(F)F)NC(=O)O)c2c1.O=C(O)C(F)(F)F. The number of nitrogens with zero attached hydrogens (tertiary/aromatic N) is 2. The lowest BCUT2D eigenvalue weighted by Gasteiger charge is -2.30. The van der Waals surface area contributed by atoms with Gasteiger partial charge in [-0.15, -0.1) is 0 Å². The van der Waals surface area contributed by atoms with Gasteiger partial charge in [-0.3, -0.25) is 4.79 Å². The number of aliphatic carboxylic acids is 1. The first-order valence-electron chi connectivity index (χ1n) is 12.4. The Labute approximate surface area is 243 Å². The summed E-state index contributed by atoms with van der Waals surface area (Å²) in [5, 5.41) is 25.0. The van der Waals surface area contributed by atoms with Crippen molar-refractivity contribution < 1.29 is 64.5 Å². The Morgan fingerprint density at radius 1 is 0.977 bits per heavy atom. The van der Waals surface area contributed by atoms with E-state index in [4.69, 9.17) is 19.7 Å². The van der Waals surface area contributed by atoms with Gasteiger partial charge < -0.3 is 25.6 Å². The van der Waals surface area contributed by atoms with Gasteiger partial charge in [-0.05, 0) is 51.0 Å². The number of hydrogen-bond acceptors (Lipinski definition) is 5. The minimum absolute atomic E-state index is 0.0825. The molecule has 242 valence electrons. The van der Waals surface area contributed by atoms with E-state index in [-0.39, 0.29) is 28.2 Å². The lowest BCUT2D eigenvalue weighted by atomic mass is 9.95. The highest BCUT2D eigenvalue weighted by molar-refractivity contribution is 6.02. The third-order valence-electron chi connectivity index (χ3n) is 5.92. The third kappa shape index (κ3) is 9.98. The molecule has 2 heterocycles. The zero-order chi connectivity index (χ0) is 33.6. The summed E-state index contributed by atoms with van der Waals surface area (Å²) in [7, 11) is 0. The molecule has 1 aromatic carbocycles. The van der Waals surface area contributed by atoms with Crippen molar-refractivity contribution in [3.8, 4) is 5.88 Å². The number of fused-ring (bicyclic) bond motifs is 1. The third-order valence-corrected chi connectivity index (χ3v) is 5.92. The van der Waals surface area contributed by atoms with Gasteiger partial charge in [0.2, 0.25) is 5.88 Å². The Morgan fingerprint density at radius 2 is 1.55 bits per heavy atom. The number of aromatic nitrogens is 2. The molecule has 3 rings (SSSR count). The molecule has 0 aliphatic carbocycles. The fourth-order valence-corrected chi connectivity index (χ4v) is 3.79. The number of carboxylic acids is 1. The lowest BCUT2D eigenvalue weighted by Crippen LogP contribution is -2.53. The van der Waals surface area contributed by atoms with Crippen LogP contribution in [0.1, 0.15) is 46.9 Å². The first-order valence-corrected chi connectivity index (χ1v) is 12.4. The van der Waals surface area contributed by atoms with E-state index in [9.17, 15) is 44.7 Å². The molecule has 0 spiro atoms. The Kier molecular flexibility index (Phi) is 11.1. The van der Waals surface area contributed by atoms with E-state index in [0.717, 1.165) is 12.1 Å². The number of nitrogens with one attached hydrogen (secondary N) is 2. The van der Waals surface area contributed by atoms with Gasteiger partial charge in [0, 0.05) is 19.0 Å². The van der Waals surface area contributed by atoms with Crippen molar-refractivity contribution in [3.05, 3.63) is 64.4 Å². The number of alkyl halides is 6. The number of rotatable bonds is 9. The van der Waals surface area contributed by atoms with Crippen molar-refractivity contribution in [2.24, 2.45) is 0 Å². The molecule has 44 heavy (non-hydrogen) atoms. The molecule has 0 aliphatic rings. The molecule has 18 heteroatoms. The van der Waals surface area contributed by atoms with Gasteiger partial charge in [0.05, 0.1) is 27.9 Å². The number of aryl methyl sites for hydroxylation is 2. The van der Waals surface area contributed by atoms with E-state index in [1.165, 1.54) is 24.4 Å². The molecule has 1 unspecified atom stereocenters. The second-order valence-corrected chi connectivity index (χ2v) is 9.71. The number of carbonyl (C=O) groups excluding carboxylic acids is 1. The van der Waals surface area contributed by atoms with E-state index in [2.05, 4.69) is 10.4 Å². The van der Waals surface area contributed by atoms with Crippen LogP contribution in [0.2, 0.25) is 0 Å². The van der Waals surface area contributed by atoms with Crippen LogP contribution in [0.15, 0.2) is 30.3 Å². The Morgan fingerprint density at radius 3 is 2.05 bits per heavy atom. The highest BCUT2D eigenvalue weighted by atomic mass is 19.4. The second-order valence-electron chi connectivity index (χ2n) is 9.71. The van der Waals surface area contributed by atoms with Crippen molar-refractivity contribution in [1.29, 1.82) is 0 Å². The highest BCUT2D eigenvalue weighted by Gasteiger charge is 2.38. The van der Waals surface area contributed by atoms with Crippen LogP contribution in [0.5, 0.6) is 5.88 Å². The van der Waals surface area contributed by atoms with Crippen LogP contribution < -0.4 is 15.4 Å². The van der Waals surface area contributed by atoms with Crippen molar-refractivity contribution in [3.63, 3.8) is 0 Å². The fourth-order valence-electron chi connectivity index (χ4n) is 3.79. The van der Waals surface area contributed by atoms with E-state index >= 15 is 0 Å². The molecule has 0 radical (unpaired) electrons. The number of carboxylic acid groups (broad SMARTS) is 2. The molecule has 0 aliphatic heterocycles. The maximum Gasteiger partial charge on any atom is 0.490 e. The molecule has 1 atom stereocenters. The van der Waals surface area contributed by atoms with Crippen LogP contribution in [0.25, 0.3) is 5.52 Å².